The highest BCUT2D eigenvalue weighted by Gasteiger charge is 2.27. The molecule has 0 saturated carbocycles. The molecule has 0 amide bonds. The number of aromatic carboxylic acids is 1. The number of hydrogen-bond acceptors (Lipinski definition) is 5. The second kappa shape index (κ2) is 6.96. The van der Waals surface area contributed by atoms with Crippen molar-refractivity contribution in [3.8, 4) is 11.1 Å². The Hall–Kier alpha value is -3.71. The maximum absolute atomic E-state index is 11.7. The number of carbonyl (C=O) groups is 1. The van der Waals surface area contributed by atoms with Crippen LogP contribution in [-0.4, -0.2) is 37.5 Å². The van der Waals surface area contributed by atoms with Gasteiger partial charge >= 0.3 is 5.97 Å². The van der Waals surface area contributed by atoms with E-state index >= 15 is 0 Å². The van der Waals surface area contributed by atoms with Crippen molar-refractivity contribution in [1.82, 2.24) is 14.8 Å². The summed E-state index contributed by atoms with van der Waals surface area (Å²) in [6.45, 7) is 0.542. The third-order valence-corrected chi connectivity index (χ3v) is 5.54. The van der Waals surface area contributed by atoms with E-state index in [-0.39, 0.29) is 5.69 Å². The van der Waals surface area contributed by atoms with Crippen LogP contribution in [0.3, 0.4) is 0 Å². The van der Waals surface area contributed by atoms with E-state index in [1.165, 1.54) is 0 Å². The molecule has 2 N–H and O–H groups in total. The first kappa shape index (κ1) is 18.3. The number of aliphatic hydroxyl groups excluding tert-OH is 1. The van der Waals surface area contributed by atoms with Crippen LogP contribution in [-0.2, 0) is 7.05 Å². The van der Waals surface area contributed by atoms with E-state index in [2.05, 4.69) is 10.1 Å². The molecule has 30 heavy (non-hydrogen) atoms. The van der Waals surface area contributed by atoms with Crippen LogP contribution in [0, 0.1) is 0 Å². The molecule has 0 fully saturated rings. The summed E-state index contributed by atoms with van der Waals surface area (Å²) in [5.41, 5.74) is 3.58. The topological polar surface area (TPSA) is 91.5 Å². The highest BCUT2D eigenvalue weighted by molar-refractivity contribution is 5.99. The average molecular weight is 400 g/mol. The summed E-state index contributed by atoms with van der Waals surface area (Å²) in [6, 6.07) is 15.1. The van der Waals surface area contributed by atoms with E-state index < -0.39 is 12.1 Å². The number of anilines is 2. The Morgan fingerprint density at radius 2 is 1.97 bits per heavy atom. The van der Waals surface area contributed by atoms with E-state index in [0.29, 0.717) is 18.8 Å². The Morgan fingerprint density at radius 3 is 2.73 bits per heavy atom. The second-order valence-corrected chi connectivity index (χ2v) is 7.49. The molecule has 7 nitrogen and oxygen atoms in total. The number of carboxylic acids is 1. The van der Waals surface area contributed by atoms with Gasteiger partial charge in [0.25, 0.3) is 0 Å². The molecule has 0 spiro atoms. The molecule has 1 unspecified atom stereocenters. The van der Waals surface area contributed by atoms with Gasteiger partial charge in [-0.05, 0) is 35.6 Å². The van der Waals surface area contributed by atoms with Crippen LogP contribution >= 0.6 is 0 Å². The molecular formula is C23H20N4O3. The summed E-state index contributed by atoms with van der Waals surface area (Å²) in [6.07, 6.45) is 3.65. The number of benzene rings is 2. The lowest BCUT2D eigenvalue weighted by Crippen LogP contribution is -2.28. The highest BCUT2D eigenvalue weighted by atomic mass is 16.4. The van der Waals surface area contributed by atoms with E-state index in [1.807, 2.05) is 60.6 Å². The summed E-state index contributed by atoms with van der Waals surface area (Å²) in [7, 11) is 1.87. The number of aliphatic hydroxyl groups is 1. The molecule has 1 atom stereocenters. The molecule has 150 valence electrons. The quantitative estimate of drug-likeness (QED) is 0.542. The maximum Gasteiger partial charge on any atom is 0.354 e. The summed E-state index contributed by atoms with van der Waals surface area (Å²) in [5, 5.41) is 26.2. The lowest BCUT2D eigenvalue weighted by atomic mass is 9.94. The van der Waals surface area contributed by atoms with Crippen LogP contribution in [0.15, 0.2) is 60.9 Å². The molecule has 5 rings (SSSR count). The lowest BCUT2D eigenvalue weighted by Gasteiger charge is -2.34. The molecule has 7 heteroatoms. The number of aromatic nitrogens is 3. The number of fused-ring (bicyclic) bond motifs is 2. The number of carboxylic acid groups (broad SMARTS) is 1. The number of pyridine rings is 1. The third-order valence-electron chi connectivity index (χ3n) is 5.54. The predicted molar refractivity (Wildman–Crippen MR) is 114 cm³/mol. The zero-order valence-electron chi connectivity index (χ0n) is 16.4. The molecule has 1 aliphatic rings. The monoisotopic (exact) mass is 400 g/mol. The first-order chi connectivity index (χ1) is 14.5. The average Bonchev–Trinajstić information content (AvgIpc) is 3.19. The molecule has 2 aromatic heterocycles. The number of rotatable bonds is 3. The van der Waals surface area contributed by atoms with Gasteiger partial charge in [0.1, 0.15) is 5.82 Å². The maximum atomic E-state index is 11.7. The molecule has 3 heterocycles. The van der Waals surface area contributed by atoms with Crippen molar-refractivity contribution in [3.05, 3.63) is 72.2 Å². The van der Waals surface area contributed by atoms with Crippen molar-refractivity contribution in [2.24, 2.45) is 7.05 Å². The van der Waals surface area contributed by atoms with Gasteiger partial charge in [-0.2, -0.15) is 5.10 Å². The first-order valence-electron chi connectivity index (χ1n) is 9.73. The SMILES string of the molecule is Cn1cc(-c2ccc3c(c2)C(O)CCN3c2nc(C(=O)O)cc3ccccc23)cn1. The van der Waals surface area contributed by atoms with Crippen molar-refractivity contribution >= 4 is 28.2 Å². The normalized spacial score (nSPS) is 15.9. The molecular weight excluding hydrogens is 380 g/mol. The second-order valence-electron chi connectivity index (χ2n) is 7.49. The molecule has 0 aliphatic carbocycles. The molecule has 2 aromatic carbocycles. The van der Waals surface area contributed by atoms with E-state index in [1.54, 1.807) is 16.9 Å². The fourth-order valence-corrected chi connectivity index (χ4v) is 4.06. The summed E-state index contributed by atoms with van der Waals surface area (Å²) in [5.74, 6) is -0.473. The van der Waals surface area contributed by atoms with Crippen LogP contribution in [0.25, 0.3) is 21.9 Å². The Labute approximate surface area is 172 Å². The zero-order chi connectivity index (χ0) is 20.8. The van der Waals surface area contributed by atoms with Gasteiger partial charge in [0, 0.05) is 42.0 Å². The van der Waals surface area contributed by atoms with Crippen molar-refractivity contribution in [2.45, 2.75) is 12.5 Å². The van der Waals surface area contributed by atoms with Gasteiger partial charge in [-0.3, -0.25) is 4.68 Å². The van der Waals surface area contributed by atoms with E-state index in [4.69, 9.17) is 0 Å². The zero-order valence-corrected chi connectivity index (χ0v) is 16.4. The van der Waals surface area contributed by atoms with Crippen LogP contribution in [0.1, 0.15) is 28.6 Å². The van der Waals surface area contributed by atoms with E-state index in [0.717, 1.165) is 33.2 Å². The lowest BCUT2D eigenvalue weighted by molar-refractivity contribution is 0.0690. The summed E-state index contributed by atoms with van der Waals surface area (Å²) in [4.78, 5) is 18.1. The Morgan fingerprint density at radius 1 is 1.13 bits per heavy atom. The Balaban J connectivity index is 1.68. The fourth-order valence-electron chi connectivity index (χ4n) is 4.06. The third kappa shape index (κ3) is 3.00. The van der Waals surface area contributed by atoms with Gasteiger partial charge in [0.2, 0.25) is 0 Å². The van der Waals surface area contributed by atoms with Gasteiger partial charge in [-0.25, -0.2) is 9.78 Å². The number of hydrogen-bond donors (Lipinski definition) is 2. The first-order valence-corrected chi connectivity index (χ1v) is 9.73. The minimum atomic E-state index is -1.06. The number of aryl methyl sites for hydroxylation is 1. The van der Waals surface area contributed by atoms with Gasteiger partial charge in [0.15, 0.2) is 5.69 Å². The Bertz CT molecular complexity index is 1280. The summed E-state index contributed by atoms with van der Waals surface area (Å²) < 4.78 is 1.74. The smallest absolute Gasteiger partial charge is 0.354 e. The number of nitrogens with zero attached hydrogens (tertiary/aromatic N) is 4. The van der Waals surface area contributed by atoms with Crippen molar-refractivity contribution in [1.29, 1.82) is 0 Å². The minimum Gasteiger partial charge on any atom is -0.477 e. The van der Waals surface area contributed by atoms with Crippen molar-refractivity contribution < 1.29 is 15.0 Å². The summed E-state index contributed by atoms with van der Waals surface area (Å²) >= 11 is 0. The predicted octanol–water partition coefficient (Wildman–Crippen LogP) is 3.91. The van der Waals surface area contributed by atoms with Crippen LogP contribution < -0.4 is 4.90 Å². The Kier molecular flexibility index (Phi) is 4.25. The van der Waals surface area contributed by atoms with Crippen LogP contribution in [0.2, 0.25) is 0 Å². The standard InChI is InChI=1S/C23H20N4O3/c1-26-13-16(12-24-26)14-6-7-20-18(10-14)21(28)8-9-27(20)22-17-5-3-2-4-15(17)11-19(25-22)23(29)30/h2-7,10-13,21,28H,8-9H2,1H3,(H,29,30). The molecule has 0 radical (unpaired) electrons. The fraction of sp³-hybridized carbons (Fsp3) is 0.174. The van der Waals surface area contributed by atoms with E-state index in [9.17, 15) is 15.0 Å². The van der Waals surface area contributed by atoms with Crippen LogP contribution in [0.5, 0.6) is 0 Å². The molecule has 1 aliphatic heterocycles. The highest BCUT2D eigenvalue weighted by Crippen LogP contribution is 2.41. The van der Waals surface area contributed by atoms with Gasteiger partial charge < -0.3 is 15.1 Å². The van der Waals surface area contributed by atoms with Gasteiger partial charge in [-0.15, -0.1) is 0 Å². The van der Waals surface area contributed by atoms with Gasteiger partial charge in [0.05, 0.1) is 12.3 Å². The molecule has 0 bridgehead atoms. The minimum absolute atomic E-state index is 0.00310. The van der Waals surface area contributed by atoms with Gasteiger partial charge in [-0.1, -0.05) is 30.3 Å². The molecule has 0 saturated heterocycles. The van der Waals surface area contributed by atoms with Crippen molar-refractivity contribution in [3.63, 3.8) is 0 Å². The van der Waals surface area contributed by atoms with Crippen LogP contribution in [0.4, 0.5) is 11.5 Å². The van der Waals surface area contributed by atoms with Crippen molar-refractivity contribution in [2.75, 3.05) is 11.4 Å². The molecule has 4 aromatic rings. The largest absolute Gasteiger partial charge is 0.477 e.